The van der Waals surface area contributed by atoms with Crippen LogP contribution in [0.15, 0.2) is 90.1 Å². The lowest BCUT2D eigenvalue weighted by molar-refractivity contribution is 0.921. The van der Waals surface area contributed by atoms with Crippen LogP contribution in [0.3, 0.4) is 0 Å². The van der Waals surface area contributed by atoms with Crippen LogP contribution in [0.25, 0.3) is 5.82 Å². The van der Waals surface area contributed by atoms with Crippen LogP contribution in [-0.2, 0) is 0 Å². The molecule has 4 heteroatoms. The van der Waals surface area contributed by atoms with Gasteiger partial charge < -0.3 is 9.88 Å². The van der Waals surface area contributed by atoms with Crippen molar-refractivity contribution in [3.8, 4) is 5.82 Å². The van der Waals surface area contributed by atoms with Crippen LogP contribution in [0.1, 0.15) is 17.0 Å². The van der Waals surface area contributed by atoms with Crippen molar-refractivity contribution < 1.29 is 0 Å². The molecule has 0 atom stereocenters. The molecule has 28 heavy (non-hydrogen) atoms. The topological polar surface area (TPSA) is 42.2 Å². The summed E-state index contributed by atoms with van der Waals surface area (Å²) in [5, 5.41) is 3.38. The van der Waals surface area contributed by atoms with E-state index < -0.39 is 0 Å². The average Bonchev–Trinajstić information content (AvgIpc) is 3.02. The molecule has 2 heterocycles. The van der Waals surface area contributed by atoms with Gasteiger partial charge in [-0.3, -0.25) is 4.99 Å². The molecule has 0 aliphatic rings. The molecule has 2 aromatic heterocycles. The summed E-state index contributed by atoms with van der Waals surface area (Å²) in [6.45, 7) is 4.18. The number of nitrogens with one attached hydrogen (secondary N) is 1. The molecule has 4 aromatic rings. The highest BCUT2D eigenvalue weighted by Gasteiger charge is 2.09. The van der Waals surface area contributed by atoms with Gasteiger partial charge >= 0.3 is 0 Å². The van der Waals surface area contributed by atoms with Gasteiger partial charge in [-0.1, -0.05) is 24.3 Å². The third-order valence-corrected chi connectivity index (χ3v) is 4.63. The molecule has 4 rings (SSSR count). The molecule has 0 aliphatic carbocycles. The molecule has 0 saturated heterocycles. The van der Waals surface area contributed by atoms with Crippen LogP contribution in [-0.4, -0.2) is 15.8 Å². The number of para-hydroxylation sites is 1. The summed E-state index contributed by atoms with van der Waals surface area (Å²) in [6.07, 6.45) is 3.73. The number of aliphatic imine (C=N–C) groups is 1. The molecule has 4 nitrogen and oxygen atoms in total. The Labute approximate surface area is 165 Å². The Morgan fingerprint density at radius 1 is 0.857 bits per heavy atom. The highest BCUT2D eigenvalue weighted by Crippen LogP contribution is 2.22. The normalized spacial score (nSPS) is 11.1. The van der Waals surface area contributed by atoms with Crippen LogP contribution in [0, 0.1) is 13.8 Å². The molecule has 0 spiro atoms. The van der Waals surface area contributed by atoms with Crippen molar-refractivity contribution in [1.82, 2.24) is 9.55 Å². The fourth-order valence-electron chi connectivity index (χ4n) is 3.22. The third-order valence-electron chi connectivity index (χ3n) is 4.63. The second-order valence-electron chi connectivity index (χ2n) is 6.65. The van der Waals surface area contributed by atoms with Crippen LogP contribution < -0.4 is 5.32 Å². The first-order valence-corrected chi connectivity index (χ1v) is 9.27. The quantitative estimate of drug-likeness (QED) is 0.441. The zero-order chi connectivity index (χ0) is 19.3. The second-order valence-corrected chi connectivity index (χ2v) is 6.65. The number of pyridine rings is 1. The van der Waals surface area contributed by atoms with Crippen LogP contribution in [0.4, 0.5) is 17.1 Å². The average molecular weight is 366 g/mol. The number of anilines is 2. The van der Waals surface area contributed by atoms with Gasteiger partial charge in [0.1, 0.15) is 5.82 Å². The smallest absolute Gasteiger partial charge is 0.136 e. The molecule has 0 amide bonds. The molecule has 2 aromatic carbocycles. The van der Waals surface area contributed by atoms with Gasteiger partial charge in [-0.25, -0.2) is 4.98 Å². The highest BCUT2D eigenvalue weighted by molar-refractivity contribution is 5.84. The molecule has 0 bridgehead atoms. The first-order chi connectivity index (χ1) is 13.7. The van der Waals surface area contributed by atoms with Crippen molar-refractivity contribution in [3.05, 3.63) is 102 Å². The highest BCUT2D eigenvalue weighted by atomic mass is 15.1. The van der Waals surface area contributed by atoms with Crippen molar-refractivity contribution in [1.29, 1.82) is 0 Å². The summed E-state index contributed by atoms with van der Waals surface area (Å²) in [4.78, 5) is 9.10. The summed E-state index contributed by atoms with van der Waals surface area (Å²) in [7, 11) is 0. The number of aryl methyl sites for hydroxylation is 1. The van der Waals surface area contributed by atoms with Gasteiger partial charge in [0.2, 0.25) is 0 Å². The standard InChI is InChI=1S/C24H22N4/c1-18-16-20(19(2)28(18)24-10-6-7-15-25-24)17-26-21-11-13-23(14-12-21)27-22-8-4-3-5-9-22/h3-17,27H,1-2H3. The predicted molar refractivity (Wildman–Crippen MR) is 116 cm³/mol. The lowest BCUT2D eigenvalue weighted by Crippen LogP contribution is -2.01. The van der Waals surface area contributed by atoms with E-state index in [1.54, 1.807) is 0 Å². The lowest BCUT2D eigenvalue weighted by Gasteiger charge is -2.07. The number of rotatable bonds is 5. The molecular weight excluding hydrogens is 344 g/mol. The summed E-state index contributed by atoms with van der Waals surface area (Å²) in [5.74, 6) is 0.925. The number of benzene rings is 2. The van der Waals surface area contributed by atoms with E-state index in [4.69, 9.17) is 0 Å². The van der Waals surface area contributed by atoms with Gasteiger partial charge in [-0.05, 0) is 68.4 Å². The number of nitrogens with zero attached hydrogens (tertiary/aromatic N) is 3. The fourth-order valence-corrected chi connectivity index (χ4v) is 3.22. The van der Waals surface area contributed by atoms with E-state index in [1.807, 2.05) is 85.2 Å². The van der Waals surface area contributed by atoms with Crippen LogP contribution in [0.5, 0.6) is 0 Å². The van der Waals surface area contributed by atoms with Gasteiger partial charge in [0, 0.05) is 40.7 Å². The first-order valence-electron chi connectivity index (χ1n) is 9.27. The van der Waals surface area contributed by atoms with Gasteiger partial charge in [0.25, 0.3) is 0 Å². The fraction of sp³-hybridized carbons (Fsp3) is 0.0833. The SMILES string of the molecule is Cc1cc(C=Nc2ccc(Nc3ccccc3)cc2)c(C)n1-c1ccccn1. The van der Waals surface area contributed by atoms with Crippen molar-refractivity contribution in [3.63, 3.8) is 0 Å². The Morgan fingerprint density at radius 2 is 1.57 bits per heavy atom. The minimum atomic E-state index is 0.918. The molecule has 0 aliphatic heterocycles. The number of aromatic nitrogens is 2. The Morgan fingerprint density at radius 3 is 2.29 bits per heavy atom. The van der Waals surface area contributed by atoms with E-state index in [2.05, 4.69) is 39.8 Å². The maximum atomic E-state index is 4.65. The van der Waals surface area contributed by atoms with Gasteiger partial charge in [0.05, 0.1) is 5.69 Å². The van der Waals surface area contributed by atoms with E-state index in [0.29, 0.717) is 0 Å². The molecule has 0 radical (unpaired) electrons. The van der Waals surface area contributed by atoms with Gasteiger partial charge in [-0.2, -0.15) is 0 Å². The minimum Gasteiger partial charge on any atom is -0.356 e. The van der Waals surface area contributed by atoms with Crippen LogP contribution in [0.2, 0.25) is 0 Å². The Kier molecular flexibility index (Phi) is 5.02. The largest absolute Gasteiger partial charge is 0.356 e. The molecule has 0 unspecified atom stereocenters. The summed E-state index contributed by atoms with van der Waals surface area (Å²) in [5.41, 5.74) is 6.39. The maximum Gasteiger partial charge on any atom is 0.136 e. The van der Waals surface area contributed by atoms with E-state index >= 15 is 0 Å². The maximum absolute atomic E-state index is 4.65. The second kappa shape index (κ2) is 7.92. The van der Waals surface area contributed by atoms with Crippen LogP contribution >= 0.6 is 0 Å². The summed E-state index contributed by atoms with van der Waals surface area (Å²) < 4.78 is 2.15. The summed E-state index contributed by atoms with van der Waals surface area (Å²) >= 11 is 0. The molecule has 1 N–H and O–H groups in total. The first kappa shape index (κ1) is 17.7. The Balaban J connectivity index is 1.52. The summed E-state index contributed by atoms with van der Waals surface area (Å²) in [6, 6.07) is 26.3. The third kappa shape index (κ3) is 3.86. The Hall–Kier alpha value is -3.66. The van der Waals surface area contributed by atoms with E-state index in [1.165, 1.54) is 0 Å². The van der Waals surface area contributed by atoms with Gasteiger partial charge in [0.15, 0.2) is 0 Å². The number of hydrogen-bond donors (Lipinski definition) is 1. The molecule has 0 saturated carbocycles. The zero-order valence-electron chi connectivity index (χ0n) is 16.0. The lowest BCUT2D eigenvalue weighted by atomic mass is 10.2. The molecule has 138 valence electrons. The van der Waals surface area contributed by atoms with Crippen molar-refractivity contribution in [2.45, 2.75) is 13.8 Å². The molecule has 0 fully saturated rings. The monoisotopic (exact) mass is 366 g/mol. The van der Waals surface area contributed by atoms with Crippen molar-refractivity contribution in [2.24, 2.45) is 4.99 Å². The number of hydrogen-bond acceptors (Lipinski definition) is 3. The van der Waals surface area contributed by atoms with E-state index in [0.717, 1.165) is 39.8 Å². The zero-order valence-corrected chi connectivity index (χ0v) is 16.0. The predicted octanol–water partition coefficient (Wildman–Crippen LogP) is 5.98. The van der Waals surface area contributed by atoms with Crippen molar-refractivity contribution >= 4 is 23.3 Å². The van der Waals surface area contributed by atoms with E-state index in [9.17, 15) is 0 Å². The minimum absolute atomic E-state index is 0.918. The Bertz CT molecular complexity index is 1080. The molecular formula is C24H22N4. The van der Waals surface area contributed by atoms with Crippen molar-refractivity contribution in [2.75, 3.05) is 5.32 Å². The van der Waals surface area contributed by atoms with E-state index in [-0.39, 0.29) is 0 Å². The van der Waals surface area contributed by atoms with Gasteiger partial charge in [-0.15, -0.1) is 0 Å².